The first-order valence-electron chi connectivity index (χ1n) is 17.5. The number of amides is 4. The average Bonchev–Trinajstić information content (AvgIpc) is 3.79. The number of nitrogens with one attached hydrogen (secondary N) is 4. The highest BCUT2D eigenvalue weighted by atomic mass is 31.2. The highest BCUT2D eigenvalue weighted by Gasteiger charge is 2.44. The van der Waals surface area contributed by atoms with Gasteiger partial charge in [0.1, 0.15) is 23.9 Å². The van der Waals surface area contributed by atoms with E-state index in [1.807, 2.05) is 37.3 Å². The van der Waals surface area contributed by atoms with Crippen LogP contribution in [0.25, 0.3) is 0 Å². The van der Waals surface area contributed by atoms with Crippen molar-refractivity contribution in [1.29, 1.82) is 0 Å². The zero-order valence-corrected chi connectivity index (χ0v) is 29.6. The summed E-state index contributed by atoms with van der Waals surface area (Å²) in [6.45, 7) is 2.19. The molecule has 6 N–H and O–H groups in total. The van der Waals surface area contributed by atoms with Gasteiger partial charge in [-0.3, -0.25) is 23.7 Å². The minimum atomic E-state index is -4.31. The van der Waals surface area contributed by atoms with E-state index in [1.54, 1.807) is 35.4 Å². The zero-order valence-electron chi connectivity index (χ0n) is 28.7. The van der Waals surface area contributed by atoms with Crippen molar-refractivity contribution in [2.45, 2.75) is 103 Å². The highest BCUT2D eigenvalue weighted by molar-refractivity contribution is 7.51. The minimum Gasteiger partial charge on any atom is -0.481 e. The van der Waals surface area contributed by atoms with Crippen LogP contribution in [-0.2, 0) is 43.1 Å². The van der Waals surface area contributed by atoms with Crippen LogP contribution in [0.5, 0.6) is 5.75 Å². The van der Waals surface area contributed by atoms with Gasteiger partial charge in [0.05, 0.1) is 6.33 Å². The molecule has 0 spiro atoms. The second-order valence-electron chi connectivity index (χ2n) is 13.3. The van der Waals surface area contributed by atoms with E-state index < -0.39 is 43.9 Å². The van der Waals surface area contributed by atoms with Crippen LogP contribution in [-0.4, -0.2) is 78.8 Å². The maximum Gasteiger partial charge on any atom is 0.362 e. The molecular formula is C37H51N6O8P. The highest BCUT2D eigenvalue weighted by Crippen LogP contribution is 2.35. The lowest BCUT2D eigenvalue weighted by atomic mass is 9.94. The molecule has 2 aliphatic rings. The van der Waals surface area contributed by atoms with Crippen molar-refractivity contribution in [3.63, 3.8) is 0 Å². The summed E-state index contributed by atoms with van der Waals surface area (Å²) in [6.07, 6.45) is 7.43. The van der Waals surface area contributed by atoms with Crippen LogP contribution < -0.4 is 20.7 Å². The third kappa shape index (κ3) is 11.2. The van der Waals surface area contributed by atoms with E-state index in [2.05, 4.69) is 25.9 Å². The van der Waals surface area contributed by atoms with E-state index in [1.165, 1.54) is 6.33 Å². The first kappa shape index (κ1) is 40.3. The van der Waals surface area contributed by atoms with Gasteiger partial charge in [0.25, 0.3) is 0 Å². The van der Waals surface area contributed by atoms with Crippen LogP contribution in [0.15, 0.2) is 67.1 Å². The number of H-pyrrole nitrogens is 1. The fourth-order valence-corrected chi connectivity index (χ4v) is 7.12. The Morgan fingerprint density at radius 2 is 1.71 bits per heavy atom. The van der Waals surface area contributed by atoms with Crippen molar-refractivity contribution in [1.82, 2.24) is 30.8 Å². The van der Waals surface area contributed by atoms with Gasteiger partial charge in [-0.2, -0.15) is 0 Å². The molecule has 2 aromatic carbocycles. The summed E-state index contributed by atoms with van der Waals surface area (Å²) in [6, 6.07) is 13.5. The molecule has 282 valence electrons. The Morgan fingerprint density at radius 3 is 2.38 bits per heavy atom. The zero-order chi connectivity index (χ0) is 36.4. The van der Waals surface area contributed by atoms with Crippen LogP contribution in [0, 0.1) is 5.92 Å². The van der Waals surface area contributed by atoms with Gasteiger partial charge in [-0.15, -0.1) is 0 Å². The Balaban J connectivity index is 0.00000605. The molecule has 1 aromatic heterocycles. The van der Waals surface area contributed by atoms with Gasteiger partial charge in [-0.25, -0.2) is 4.98 Å². The third-order valence-corrected chi connectivity index (χ3v) is 10.0. The van der Waals surface area contributed by atoms with Crippen molar-refractivity contribution in [3.05, 3.63) is 83.9 Å². The van der Waals surface area contributed by atoms with Gasteiger partial charge < -0.3 is 40.4 Å². The molecule has 0 aliphatic carbocycles. The van der Waals surface area contributed by atoms with Gasteiger partial charge in [0.2, 0.25) is 23.6 Å². The second kappa shape index (κ2) is 18.8. The average molecular weight is 739 g/mol. The maximum absolute atomic E-state index is 14.2. The van der Waals surface area contributed by atoms with E-state index >= 15 is 0 Å². The summed E-state index contributed by atoms with van der Waals surface area (Å²) in [5.74, 6) is -1.43. The van der Waals surface area contributed by atoms with E-state index in [4.69, 9.17) is 14.5 Å². The number of fused-ring (bicyclic) bond motifs is 1. The van der Waals surface area contributed by atoms with Crippen LogP contribution in [0.3, 0.4) is 0 Å². The fourth-order valence-electron chi connectivity index (χ4n) is 6.80. The molecule has 2 aliphatic heterocycles. The number of ether oxygens (including phenoxy) is 1. The maximum atomic E-state index is 14.2. The molecule has 14 nitrogen and oxygen atoms in total. The quantitative estimate of drug-likeness (QED) is 0.126. The molecule has 0 saturated carbocycles. The largest absolute Gasteiger partial charge is 0.481 e. The summed E-state index contributed by atoms with van der Waals surface area (Å²) in [4.78, 5) is 81.9. The van der Waals surface area contributed by atoms with Crippen LogP contribution in [0.1, 0.15) is 76.1 Å². The number of aromatic amines is 1. The van der Waals surface area contributed by atoms with E-state index in [9.17, 15) is 23.7 Å². The molecule has 2 saturated heterocycles. The monoisotopic (exact) mass is 738 g/mol. The predicted molar refractivity (Wildman–Crippen MR) is 195 cm³/mol. The van der Waals surface area contributed by atoms with Crippen molar-refractivity contribution in [2.24, 2.45) is 5.92 Å². The lowest BCUT2D eigenvalue weighted by molar-refractivity contribution is -0.145. The Labute approximate surface area is 304 Å². The number of aromatic nitrogens is 2. The van der Waals surface area contributed by atoms with Gasteiger partial charge >= 0.3 is 7.60 Å². The molecule has 3 aromatic rings. The molecular weight excluding hydrogens is 687 g/mol. The molecule has 1 unspecified atom stereocenters. The van der Waals surface area contributed by atoms with E-state index in [0.29, 0.717) is 50.1 Å². The van der Waals surface area contributed by atoms with Gasteiger partial charge in [-0.1, -0.05) is 69.7 Å². The Morgan fingerprint density at radius 1 is 0.981 bits per heavy atom. The SMILES string of the molecule is C.CC[C@H](Cc1ccc(OCP(=O)(O)O)cc1)C(=O)N[C@H]1CCCCC2CC[C@@H](C(=O)N[C@@H](Cc3cnc[nH]3)C(=O)NCc3ccccc3)N2C1=O. The normalized spacial score (nSPS) is 19.9. The number of hydrogen-bond donors (Lipinski definition) is 6. The summed E-state index contributed by atoms with van der Waals surface area (Å²) < 4.78 is 16.3. The number of nitrogens with zero attached hydrogens (tertiary/aromatic N) is 2. The standard InChI is InChI=1S/C36H47N6O8P.CH4/c1-2-26(18-24-12-15-29(16-13-24)50-23-51(47,48)49)33(43)40-30-11-7-6-10-28-14-17-32(42(28)36(30)46)35(45)41-31(19-27-21-37-22-39-27)34(44)38-20-25-8-4-3-5-9-25;/h3-5,8-9,12-13,15-16,21-22,26,28,30-32H,2,6-7,10-11,14,17-20,23H2,1H3,(H,37,39)(H,38,44)(H,40,43)(H,41,45)(H2,47,48,49);1H4/t26-,28?,30+,31+,32+;/m1./s1. The van der Waals surface area contributed by atoms with Crippen molar-refractivity contribution < 1.29 is 38.3 Å². The molecule has 3 heterocycles. The molecule has 0 radical (unpaired) electrons. The Bertz CT molecular complexity index is 1670. The lowest BCUT2D eigenvalue weighted by Crippen LogP contribution is -2.59. The molecule has 4 amide bonds. The molecule has 5 rings (SSSR count). The van der Waals surface area contributed by atoms with Gasteiger partial charge in [0, 0.05) is 36.8 Å². The third-order valence-electron chi connectivity index (χ3n) is 9.54. The smallest absolute Gasteiger partial charge is 0.362 e. The number of carbonyl (C=O) groups excluding carboxylic acids is 4. The van der Waals surface area contributed by atoms with E-state index in [0.717, 1.165) is 30.4 Å². The molecule has 2 fully saturated rings. The van der Waals surface area contributed by atoms with E-state index in [-0.39, 0.29) is 37.6 Å². The van der Waals surface area contributed by atoms with Gasteiger partial charge in [-0.05, 0) is 61.8 Å². The molecule has 0 bridgehead atoms. The predicted octanol–water partition coefficient (Wildman–Crippen LogP) is 3.59. The topological polar surface area (TPSA) is 203 Å². The second-order valence-corrected chi connectivity index (χ2v) is 14.9. The fraction of sp³-hybridized carbons (Fsp3) is 0.486. The number of benzene rings is 2. The number of hydrogen-bond acceptors (Lipinski definition) is 7. The Hall–Kier alpha value is -4.52. The van der Waals surface area contributed by atoms with Crippen LogP contribution in [0.2, 0.25) is 0 Å². The first-order chi connectivity index (χ1) is 24.5. The molecule has 5 atom stereocenters. The summed E-state index contributed by atoms with van der Waals surface area (Å²) in [5.41, 5.74) is 2.43. The summed E-state index contributed by atoms with van der Waals surface area (Å²) >= 11 is 0. The molecule has 52 heavy (non-hydrogen) atoms. The van der Waals surface area contributed by atoms with Crippen molar-refractivity contribution in [2.75, 3.05) is 6.35 Å². The number of imidazole rings is 1. The van der Waals surface area contributed by atoms with Crippen molar-refractivity contribution >= 4 is 31.2 Å². The van der Waals surface area contributed by atoms with Crippen LogP contribution >= 0.6 is 7.60 Å². The van der Waals surface area contributed by atoms with Crippen molar-refractivity contribution in [3.8, 4) is 5.75 Å². The minimum absolute atomic E-state index is 0. The Kier molecular flexibility index (Phi) is 14.6. The van der Waals surface area contributed by atoms with Crippen LogP contribution in [0.4, 0.5) is 0 Å². The first-order valence-corrected chi connectivity index (χ1v) is 19.3. The van der Waals surface area contributed by atoms with Gasteiger partial charge in [0.15, 0.2) is 6.35 Å². The lowest BCUT2D eigenvalue weighted by Gasteiger charge is -2.36. The summed E-state index contributed by atoms with van der Waals surface area (Å²) in [7, 11) is -4.31. The number of rotatable bonds is 15. The number of carbonyl (C=O) groups is 4. The molecule has 15 heteroatoms. The summed E-state index contributed by atoms with van der Waals surface area (Å²) in [5, 5.41) is 8.84.